The first-order chi connectivity index (χ1) is 13.4. The van der Waals surface area contributed by atoms with Crippen LogP contribution in [0.1, 0.15) is 36.1 Å². The second-order valence-electron chi connectivity index (χ2n) is 8.07. The van der Waals surface area contributed by atoms with Crippen LogP contribution in [0.2, 0.25) is 0 Å². The standard InChI is InChI=1S/C25H25N2O/c1-15(2)12-18-13-17(4)22-19-10-9-16(3)23(21-8-6-7-11-27(21)5)24(19)28-25(22)20(18)14-26/h6-11,13,15H,12H2,1-5H3/q+1. The van der Waals surface area contributed by atoms with Crippen LogP contribution in [0.3, 0.4) is 0 Å². The highest BCUT2D eigenvalue weighted by Crippen LogP contribution is 2.40. The molecule has 3 nitrogen and oxygen atoms in total. The molecule has 3 heteroatoms. The Hall–Kier alpha value is -3.12. The summed E-state index contributed by atoms with van der Waals surface area (Å²) >= 11 is 0. The molecule has 0 saturated carbocycles. The molecule has 0 fully saturated rings. The van der Waals surface area contributed by atoms with E-state index in [0.717, 1.165) is 56.3 Å². The predicted octanol–water partition coefficient (Wildman–Crippen LogP) is 5.76. The van der Waals surface area contributed by atoms with Gasteiger partial charge >= 0.3 is 0 Å². The zero-order valence-electron chi connectivity index (χ0n) is 17.1. The monoisotopic (exact) mass is 369 g/mol. The average molecular weight is 369 g/mol. The third kappa shape index (κ3) is 2.77. The number of benzene rings is 2. The SMILES string of the molecule is Cc1ccc2c(oc3c(C#N)c(CC(C)C)cc(C)c32)c1-c1cccc[n+]1C. The summed E-state index contributed by atoms with van der Waals surface area (Å²) < 4.78 is 8.57. The minimum atomic E-state index is 0.481. The molecule has 4 aromatic rings. The molecule has 0 aliphatic rings. The topological polar surface area (TPSA) is 40.8 Å². The molecule has 0 spiro atoms. The number of hydrogen-bond acceptors (Lipinski definition) is 2. The van der Waals surface area contributed by atoms with E-state index in [1.54, 1.807) is 0 Å². The van der Waals surface area contributed by atoms with Crippen LogP contribution in [0.15, 0.2) is 47.0 Å². The number of furan rings is 1. The van der Waals surface area contributed by atoms with E-state index in [1.807, 2.05) is 25.4 Å². The largest absolute Gasteiger partial charge is 0.454 e. The summed E-state index contributed by atoms with van der Waals surface area (Å²) in [5, 5.41) is 12.0. The summed E-state index contributed by atoms with van der Waals surface area (Å²) in [5.74, 6) is 0.481. The Morgan fingerprint density at radius 1 is 1.07 bits per heavy atom. The maximum absolute atomic E-state index is 9.92. The van der Waals surface area contributed by atoms with Crippen molar-refractivity contribution in [3.63, 3.8) is 0 Å². The molecule has 2 heterocycles. The van der Waals surface area contributed by atoms with Gasteiger partial charge in [0.05, 0.1) is 11.1 Å². The van der Waals surface area contributed by atoms with E-state index < -0.39 is 0 Å². The molecule has 0 aliphatic heterocycles. The van der Waals surface area contributed by atoms with Gasteiger partial charge in [-0.25, -0.2) is 4.57 Å². The maximum Gasteiger partial charge on any atom is 0.216 e. The molecule has 0 N–H and O–H groups in total. The molecular formula is C25H25N2O+. The summed E-state index contributed by atoms with van der Waals surface area (Å²) in [6, 6.07) is 15.0. The molecule has 4 rings (SSSR count). The van der Waals surface area contributed by atoms with E-state index >= 15 is 0 Å². The third-order valence-corrected chi connectivity index (χ3v) is 5.45. The van der Waals surface area contributed by atoms with Gasteiger partial charge in [-0.1, -0.05) is 32.0 Å². The van der Waals surface area contributed by atoms with Gasteiger partial charge in [0.2, 0.25) is 5.69 Å². The van der Waals surface area contributed by atoms with Gasteiger partial charge in [0.25, 0.3) is 0 Å². The fraction of sp³-hybridized carbons (Fsp3) is 0.280. The van der Waals surface area contributed by atoms with Crippen LogP contribution in [-0.2, 0) is 13.5 Å². The Balaban J connectivity index is 2.14. The fourth-order valence-electron chi connectivity index (χ4n) is 4.20. The molecule has 2 aromatic heterocycles. The molecule has 0 radical (unpaired) electrons. The summed E-state index contributed by atoms with van der Waals surface area (Å²) in [7, 11) is 2.04. The number of aryl methyl sites for hydroxylation is 3. The van der Waals surface area contributed by atoms with Crippen molar-refractivity contribution < 1.29 is 8.98 Å². The van der Waals surface area contributed by atoms with Gasteiger partial charge < -0.3 is 4.42 Å². The summed E-state index contributed by atoms with van der Waals surface area (Å²) in [4.78, 5) is 0. The Kier molecular flexibility index (Phi) is 4.43. The Morgan fingerprint density at radius 2 is 1.86 bits per heavy atom. The van der Waals surface area contributed by atoms with Gasteiger partial charge in [-0.15, -0.1) is 0 Å². The second-order valence-corrected chi connectivity index (χ2v) is 8.07. The Morgan fingerprint density at radius 3 is 2.54 bits per heavy atom. The van der Waals surface area contributed by atoms with Crippen LogP contribution < -0.4 is 4.57 Å². The lowest BCUT2D eigenvalue weighted by atomic mass is 9.93. The van der Waals surface area contributed by atoms with Gasteiger partial charge in [-0.3, -0.25) is 0 Å². The van der Waals surface area contributed by atoms with Crippen molar-refractivity contribution in [1.29, 1.82) is 5.26 Å². The van der Waals surface area contributed by atoms with Crippen LogP contribution in [0.4, 0.5) is 0 Å². The van der Waals surface area contributed by atoms with E-state index in [-0.39, 0.29) is 0 Å². The quantitative estimate of drug-likeness (QED) is 0.431. The highest BCUT2D eigenvalue weighted by atomic mass is 16.3. The molecule has 0 bridgehead atoms. The molecule has 2 aromatic carbocycles. The van der Waals surface area contributed by atoms with Crippen LogP contribution in [0.5, 0.6) is 0 Å². The van der Waals surface area contributed by atoms with E-state index in [9.17, 15) is 5.26 Å². The first-order valence-electron chi connectivity index (χ1n) is 9.75. The second kappa shape index (κ2) is 6.80. The predicted molar refractivity (Wildman–Crippen MR) is 113 cm³/mol. The summed E-state index contributed by atoms with van der Waals surface area (Å²) in [6.07, 6.45) is 2.92. The summed E-state index contributed by atoms with van der Waals surface area (Å²) in [6.45, 7) is 8.58. The van der Waals surface area contributed by atoms with E-state index in [0.29, 0.717) is 11.5 Å². The highest BCUT2D eigenvalue weighted by Gasteiger charge is 2.23. The zero-order valence-corrected chi connectivity index (χ0v) is 17.1. The van der Waals surface area contributed by atoms with Crippen molar-refractivity contribution in [1.82, 2.24) is 0 Å². The number of nitriles is 1. The lowest BCUT2D eigenvalue weighted by Crippen LogP contribution is -2.30. The summed E-state index contributed by atoms with van der Waals surface area (Å²) in [5.41, 5.74) is 7.84. The minimum absolute atomic E-state index is 0.481. The molecule has 0 unspecified atom stereocenters. The van der Waals surface area contributed by atoms with Crippen molar-refractivity contribution >= 4 is 21.9 Å². The lowest BCUT2D eigenvalue weighted by molar-refractivity contribution is -0.660. The number of hydrogen-bond donors (Lipinski definition) is 0. The Labute approximate surface area is 165 Å². The minimum Gasteiger partial charge on any atom is -0.454 e. The van der Waals surface area contributed by atoms with Crippen molar-refractivity contribution in [3.8, 4) is 17.3 Å². The third-order valence-electron chi connectivity index (χ3n) is 5.45. The van der Waals surface area contributed by atoms with Gasteiger partial charge in [-0.2, -0.15) is 5.26 Å². The molecule has 28 heavy (non-hydrogen) atoms. The van der Waals surface area contributed by atoms with Crippen molar-refractivity contribution in [2.45, 2.75) is 34.1 Å². The molecular weight excluding hydrogens is 344 g/mol. The number of pyridine rings is 1. The first kappa shape index (κ1) is 18.3. The highest BCUT2D eigenvalue weighted by molar-refractivity contribution is 6.12. The smallest absolute Gasteiger partial charge is 0.216 e. The number of nitrogens with zero attached hydrogens (tertiary/aromatic N) is 2. The zero-order chi connectivity index (χ0) is 20.0. The number of fused-ring (bicyclic) bond motifs is 3. The molecule has 140 valence electrons. The van der Waals surface area contributed by atoms with Gasteiger partial charge in [0, 0.05) is 22.9 Å². The van der Waals surface area contributed by atoms with Gasteiger partial charge in [0.1, 0.15) is 18.7 Å². The number of rotatable bonds is 3. The van der Waals surface area contributed by atoms with Crippen molar-refractivity contribution in [2.75, 3.05) is 0 Å². The van der Waals surface area contributed by atoms with Crippen LogP contribution >= 0.6 is 0 Å². The van der Waals surface area contributed by atoms with E-state index in [2.05, 4.69) is 62.6 Å². The first-order valence-corrected chi connectivity index (χ1v) is 9.75. The van der Waals surface area contributed by atoms with Crippen LogP contribution in [0.25, 0.3) is 33.2 Å². The van der Waals surface area contributed by atoms with E-state index in [4.69, 9.17) is 4.42 Å². The Bertz CT molecular complexity index is 1260. The lowest BCUT2D eigenvalue weighted by Gasteiger charge is -2.09. The maximum atomic E-state index is 9.92. The normalized spacial score (nSPS) is 11.5. The van der Waals surface area contributed by atoms with Crippen LogP contribution in [-0.4, -0.2) is 0 Å². The van der Waals surface area contributed by atoms with Gasteiger partial charge in [0.15, 0.2) is 11.8 Å². The van der Waals surface area contributed by atoms with Crippen LogP contribution in [0, 0.1) is 31.1 Å². The van der Waals surface area contributed by atoms with Gasteiger partial charge in [-0.05, 0) is 48.9 Å². The molecule has 0 atom stereocenters. The van der Waals surface area contributed by atoms with Crippen molar-refractivity contribution in [3.05, 3.63) is 64.8 Å². The molecule has 0 amide bonds. The average Bonchev–Trinajstić information content (AvgIpc) is 3.02. The molecule has 0 aliphatic carbocycles. The molecule has 0 saturated heterocycles. The fourth-order valence-corrected chi connectivity index (χ4v) is 4.20. The van der Waals surface area contributed by atoms with Crippen molar-refractivity contribution in [2.24, 2.45) is 13.0 Å². The van der Waals surface area contributed by atoms with E-state index in [1.165, 1.54) is 0 Å². The number of aromatic nitrogens is 1.